The van der Waals surface area contributed by atoms with Gasteiger partial charge in [0.05, 0.1) is 5.56 Å². The van der Waals surface area contributed by atoms with Crippen molar-refractivity contribution in [3.05, 3.63) is 89.9 Å². The maximum Gasteiger partial charge on any atom is 0.259 e. The molecule has 0 radical (unpaired) electrons. The second kappa shape index (κ2) is 8.94. The van der Waals surface area contributed by atoms with Gasteiger partial charge in [-0.3, -0.25) is 4.79 Å². The number of hydrogen-bond donors (Lipinski definition) is 1. The van der Waals surface area contributed by atoms with Crippen LogP contribution in [0.5, 0.6) is 0 Å². The van der Waals surface area contributed by atoms with Gasteiger partial charge in [-0.25, -0.2) is 9.37 Å². The average Bonchev–Trinajstić information content (AvgIpc) is 2.71. The number of rotatable bonds is 7. The lowest BCUT2D eigenvalue weighted by Crippen LogP contribution is -2.30. The molecule has 4 nitrogen and oxygen atoms in total. The van der Waals surface area contributed by atoms with Gasteiger partial charge in [-0.1, -0.05) is 30.3 Å². The normalized spacial score (nSPS) is 10.4. The monoisotopic (exact) mass is 363 g/mol. The van der Waals surface area contributed by atoms with Gasteiger partial charge in [0.25, 0.3) is 5.91 Å². The Morgan fingerprint density at radius 1 is 1.04 bits per heavy atom. The highest BCUT2D eigenvalue weighted by Gasteiger charge is 2.16. The number of pyridine rings is 1. The molecule has 1 N–H and O–H groups in total. The summed E-state index contributed by atoms with van der Waals surface area (Å²) in [6.07, 6.45) is 2.36. The molecule has 0 bridgehead atoms. The molecule has 2 aromatic carbocycles. The summed E-state index contributed by atoms with van der Waals surface area (Å²) in [4.78, 5) is 18.8. The fourth-order valence-electron chi connectivity index (χ4n) is 2.82. The highest BCUT2D eigenvalue weighted by Crippen LogP contribution is 2.17. The smallest absolute Gasteiger partial charge is 0.259 e. The third-order valence-electron chi connectivity index (χ3n) is 4.27. The molecule has 0 unspecified atom stereocenters. The molecular weight excluding hydrogens is 341 g/mol. The second-order valence-corrected chi connectivity index (χ2v) is 6.12. The first-order valence-electron chi connectivity index (χ1n) is 8.98. The summed E-state index contributed by atoms with van der Waals surface area (Å²) in [5, 5.41) is 3.22. The number of halogens is 1. The molecule has 0 aliphatic rings. The van der Waals surface area contributed by atoms with Crippen LogP contribution in [0.3, 0.4) is 0 Å². The topological polar surface area (TPSA) is 45.2 Å². The zero-order valence-corrected chi connectivity index (χ0v) is 15.2. The van der Waals surface area contributed by atoms with Crippen molar-refractivity contribution in [2.24, 2.45) is 0 Å². The van der Waals surface area contributed by atoms with Crippen LogP contribution in [0.1, 0.15) is 22.8 Å². The quantitative estimate of drug-likeness (QED) is 0.670. The molecular formula is C22H22FN3O. The summed E-state index contributed by atoms with van der Waals surface area (Å²) >= 11 is 0. The number of aromatic nitrogens is 1. The van der Waals surface area contributed by atoms with Crippen LogP contribution in [0.25, 0.3) is 0 Å². The van der Waals surface area contributed by atoms with Crippen LogP contribution < -0.4 is 10.2 Å². The van der Waals surface area contributed by atoms with Crippen molar-refractivity contribution >= 4 is 17.4 Å². The third kappa shape index (κ3) is 4.91. The van der Waals surface area contributed by atoms with E-state index in [2.05, 4.69) is 10.3 Å². The summed E-state index contributed by atoms with van der Waals surface area (Å²) in [6, 6.07) is 19.6. The molecule has 27 heavy (non-hydrogen) atoms. The van der Waals surface area contributed by atoms with Crippen molar-refractivity contribution in [3.63, 3.8) is 0 Å². The number of carbonyl (C=O) groups excluding carboxylic acids is 1. The summed E-state index contributed by atoms with van der Waals surface area (Å²) in [5.41, 5.74) is 2.47. The number of para-hydroxylation sites is 1. The second-order valence-electron chi connectivity index (χ2n) is 6.12. The molecule has 0 aliphatic heterocycles. The first-order chi connectivity index (χ1) is 13.2. The van der Waals surface area contributed by atoms with E-state index in [1.54, 1.807) is 35.4 Å². The van der Waals surface area contributed by atoms with Crippen molar-refractivity contribution < 1.29 is 9.18 Å². The van der Waals surface area contributed by atoms with E-state index >= 15 is 0 Å². The minimum atomic E-state index is -0.231. The molecule has 0 spiro atoms. The SMILES string of the molecule is CCN(C(=O)c1ccc(NCCc2ccc(F)cc2)nc1)c1ccccc1. The molecule has 0 atom stereocenters. The predicted octanol–water partition coefficient (Wildman–Crippen LogP) is 4.54. The number of benzene rings is 2. The van der Waals surface area contributed by atoms with E-state index in [4.69, 9.17) is 0 Å². The summed E-state index contributed by atoms with van der Waals surface area (Å²) in [6.45, 7) is 3.21. The van der Waals surface area contributed by atoms with Crippen LogP contribution in [0.4, 0.5) is 15.9 Å². The molecule has 138 valence electrons. The van der Waals surface area contributed by atoms with Crippen LogP contribution >= 0.6 is 0 Å². The van der Waals surface area contributed by atoms with Gasteiger partial charge >= 0.3 is 0 Å². The molecule has 0 aliphatic carbocycles. The standard InChI is InChI=1S/C22H22FN3O/c1-2-26(20-6-4-3-5-7-20)22(27)18-10-13-21(25-16-18)24-15-14-17-8-11-19(23)12-9-17/h3-13,16H,2,14-15H2,1H3,(H,24,25). The molecule has 1 amide bonds. The number of nitrogens with one attached hydrogen (secondary N) is 1. The van der Waals surface area contributed by atoms with Crippen molar-refractivity contribution in [3.8, 4) is 0 Å². The molecule has 0 saturated heterocycles. The van der Waals surface area contributed by atoms with Crippen molar-refractivity contribution in [1.29, 1.82) is 0 Å². The van der Waals surface area contributed by atoms with E-state index in [1.807, 2.05) is 37.3 Å². The average molecular weight is 363 g/mol. The minimum absolute atomic E-state index is 0.0749. The van der Waals surface area contributed by atoms with Gasteiger partial charge in [-0.2, -0.15) is 0 Å². The Labute approximate surface area is 158 Å². The third-order valence-corrected chi connectivity index (χ3v) is 4.27. The van der Waals surface area contributed by atoms with Gasteiger partial charge in [0.15, 0.2) is 0 Å². The lowest BCUT2D eigenvalue weighted by molar-refractivity contribution is 0.0988. The van der Waals surface area contributed by atoms with Crippen molar-refractivity contribution in [1.82, 2.24) is 4.98 Å². The van der Waals surface area contributed by atoms with Gasteiger partial charge in [-0.05, 0) is 55.3 Å². The van der Waals surface area contributed by atoms with Gasteiger partial charge in [-0.15, -0.1) is 0 Å². The van der Waals surface area contributed by atoms with E-state index in [9.17, 15) is 9.18 Å². The van der Waals surface area contributed by atoms with Crippen LogP contribution in [-0.4, -0.2) is 24.0 Å². The Bertz CT molecular complexity index is 864. The molecule has 5 heteroatoms. The van der Waals surface area contributed by atoms with Crippen molar-refractivity contribution in [2.45, 2.75) is 13.3 Å². The van der Waals surface area contributed by atoms with E-state index in [0.717, 1.165) is 17.7 Å². The lowest BCUT2D eigenvalue weighted by atomic mass is 10.1. The highest BCUT2D eigenvalue weighted by molar-refractivity contribution is 6.05. The molecule has 3 rings (SSSR count). The largest absolute Gasteiger partial charge is 0.370 e. The van der Waals surface area contributed by atoms with Gasteiger partial charge in [0.2, 0.25) is 0 Å². The molecule has 0 fully saturated rings. The van der Waals surface area contributed by atoms with Crippen LogP contribution in [0.15, 0.2) is 72.9 Å². The molecule has 1 aromatic heterocycles. The van der Waals surface area contributed by atoms with Gasteiger partial charge in [0, 0.05) is 25.0 Å². The minimum Gasteiger partial charge on any atom is -0.370 e. The number of carbonyl (C=O) groups is 1. The summed E-state index contributed by atoms with van der Waals surface area (Å²) in [7, 11) is 0. The number of anilines is 2. The van der Waals surface area contributed by atoms with Gasteiger partial charge < -0.3 is 10.2 Å². The Hall–Kier alpha value is -3.21. The molecule has 3 aromatic rings. The zero-order valence-electron chi connectivity index (χ0n) is 15.2. The maximum atomic E-state index is 12.9. The highest BCUT2D eigenvalue weighted by atomic mass is 19.1. The Balaban J connectivity index is 1.59. The Morgan fingerprint density at radius 3 is 2.41 bits per heavy atom. The Kier molecular flexibility index (Phi) is 6.15. The summed E-state index contributed by atoms with van der Waals surface area (Å²) < 4.78 is 12.9. The Morgan fingerprint density at radius 2 is 1.78 bits per heavy atom. The van der Waals surface area contributed by atoms with E-state index in [1.165, 1.54) is 12.1 Å². The fraction of sp³-hybridized carbons (Fsp3) is 0.182. The first-order valence-corrected chi connectivity index (χ1v) is 8.98. The first kappa shape index (κ1) is 18.6. The van der Waals surface area contributed by atoms with E-state index in [0.29, 0.717) is 24.5 Å². The maximum absolute atomic E-state index is 12.9. The van der Waals surface area contributed by atoms with Crippen LogP contribution in [0, 0.1) is 5.82 Å². The van der Waals surface area contributed by atoms with Gasteiger partial charge in [0.1, 0.15) is 11.6 Å². The predicted molar refractivity (Wildman–Crippen MR) is 107 cm³/mol. The number of hydrogen-bond acceptors (Lipinski definition) is 3. The number of amides is 1. The van der Waals surface area contributed by atoms with E-state index < -0.39 is 0 Å². The summed E-state index contributed by atoms with van der Waals surface area (Å²) in [5.74, 6) is 0.399. The number of nitrogens with zero attached hydrogens (tertiary/aromatic N) is 2. The zero-order chi connectivity index (χ0) is 19.1. The van der Waals surface area contributed by atoms with E-state index in [-0.39, 0.29) is 11.7 Å². The molecule has 0 saturated carbocycles. The molecule has 1 heterocycles. The lowest BCUT2D eigenvalue weighted by Gasteiger charge is -2.21. The fourth-order valence-corrected chi connectivity index (χ4v) is 2.82. The van der Waals surface area contributed by atoms with Crippen LogP contribution in [0.2, 0.25) is 0 Å². The van der Waals surface area contributed by atoms with Crippen molar-refractivity contribution in [2.75, 3.05) is 23.3 Å². The van der Waals surface area contributed by atoms with Crippen LogP contribution in [-0.2, 0) is 6.42 Å².